The van der Waals surface area contributed by atoms with Crippen molar-refractivity contribution in [2.45, 2.75) is 70.0 Å². The molecular weight excluding hydrogens is 316 g/mol. The summed E-state index contributed by atoms with van der Waals surface area (Å²) < 4.78 is 0. The first-order valence-electron chi connectivity index (χ1n) is 10.1. The molecule has 0 radical (unpaired) electrons. The van der Waals surface area contributed by atoms with Crippen molar-refractivity contribution in [3.63, 3.8) is 0 Å². The summed E-state index contributed by atoms with van der Waals surface area (Å²) in [5.74, 6) is 1.11. The topological polar surface area (TPSA) is 80.9 Å². The lowest BCUT2D eigenvalue weighted by Gasteiger charge is -2.55. The fourth-order valence-corrected chi connectivity index (χ4v) is 6.54. The molecule has 4 N–H and O–H groups in total. The second-order valence-electron chi connectivity index (χ2n) is 9.22. The quantitative estimate of drug-likeness (QED) is 0.543. The molecule has 0 aromatic carbocycles. The summed E-state index contributed by atoms with van der Waals surface area (Å²) in [5, 5.41) is 43.2. The molecule has 7 unspecified atom stereocenters. The van der Waals surface area contributed by atoms with Crippen LogP contribution in [0, 0.1) is 35.5 Å². The Bertz CT molecular complexity index is 578. The minimum Gasteiger partial charge on any atom is -0.509 e. The van der Waals surface area contributed by atoms with Crippen LogP contribution in [0.5, 0.6) is 0 Å². The molecule has 8 atom stereocenters. The van der Waals surface area contributed by atoms with Gasteiger partial charge < -0.3 is 20.4 Å². The zero-order valence-electron chi connectivity index (χ0n) is 15.1. The summed E-state index contributed by atoms with van der Waals surface area (Å²) in [5.41, 5.74) is -1.13. The van der Waals surface area contributed by atoms with Crippen LogP contribution >= 0.6 is 0 Å². The van der Waals surface area contributed by atoms with Crippen molar-refractivity contribution >= 4 is 0 Å². The molecule has 4 aliphatic rings. The Kier molecular flexibility index (Phi) is 4.40. The van der Waals surface area contributed by atoms with E-state index in [1.165, 1.54) is 6.42 Å². The maximum Gasteiger partial charge on any atom is 0.133 e. The minimum atomic E-state index is -1.13. The van der Waals surface area contributed by atoms with Crippen molar-refractivity contribution in [1.82, 2.24) is 0 Å². The normalized spacial score (nSPS) is 50.3. The molecule has 0 bridgehead atoms. The third kappa shape index (κ3) is 2.82. The van der Waals surface area contributed by atoms with Gasteiger partial charge in [0.15, 0.2) is 0 Å². The Hall–Kier alpha value is -1.00. The van der Waals surface area contributed by atoms with Crippen LogP contribution in [0.25, 0.3) is 0 Å². The van der Waals surface area contributed by atoms with Crippen LogP contribution in [0.4, 0.5) is 0 Å². The molecule has 0 amide bonds. The third-order valence-corrected chi connectivity index (χ3v) is 7.70. The number of rotatable bonds is 1. The van der Waals surface area contributed by atoms with Gasteiger partial charge in [0, 0.05) is 18.3 Å². The second kappa shape index (κ2) is 6.31. The molecule has 4 aliphatic carbocycles. The lowest BCUT2D eigenvalue weighted by molar-refractivity contribution is -0.173. The van der Waals surface area contributed by atoms with E-state index >= 15 is 0 Å². The van der Waals surface area contributed by atoms with Gasteiger partial charge in [-0.05, 0) is 62.7 Å². The first-order chi connectivity index (χ1) is 11.9. The largest absolute Gasteiger partial charge is 0.509 e. The van der Waals surface area contributed by atoms with Crippen molar-refractivity contribution in [2.75, 3.05) is 0 Å². The Labute approximate surface area is 150 Å². The Morgan fingerprint density at radius 1 is 1.00 bits per heavy atom. The minimum absolute atomic E-state index is 0.0956. The van der Waals surface area contributed by atoms with Crippen LogP contribution in [0.3, 0.4) is 0 Å². The summed E-state index contributed by atoms with van der Waals surface area (Å²) in [7, 11) is 0. The highest BCUT2D eigenvalue weighted by atomic mass is 16.3. The predicted octanol–water partition coefficient (Wildman–Crippen LogP) is 3.85. The number of aliphatic hydroxyl groups excluding tert-OH is 3. The number of hydrogen-bond acceptors (Lipinski definition) is 4. The van der Waals surface area contributed by atoms with Crippen molar-refractivity contribution in [3.8, 4) is 0 Å². The molecule has 140 valence electrons. The van der Waals surface area contributed by atoms with Crippen LogP contribution in [0.15, 0.2) is 23.7 Å². The fourth-order valence-electron chi connectivity index (χ4n) is 6.54. The fraction of sp³-hybridized carbons (Fsp3) is 0.810. The maximum absolute atomic E-state index is 11.1. The van der Waals surface area contributed by atoms with Crippen LogP contribution in [0.2, 0.25) is 0 Å². The van der Waals surface area contributed by atoms with Crippen molar-refractivity contribution < 1.29 is 20.4 Å². The molecule has 4 nitrogen and oxygen atoms in total. The van der Waals surface area contributed by atoms with E-state index in [9.17, 15) is 20.4 Å². The summed E-state index contributed by atoms with van der Waals surface area (Å²) in [6.45, 7) is 1.74. The molecule has 0 heterocycles. The predicted molar refractivity (Wildman–Crippen MR) is 95.9 cm³/mol. The molecule has 2 saturated carbocycles. The van der Waals surface area contributed by atoms with Gasteiger partial charge in [0.25, 0.3) is 0 Å². The van der Waals surface area contributed by atoms with Gasteiger partial charge >= 0.3 is 0 Å². The molecule has 0 spiro atoms. The summed E-state index contributed by atoms with van der Waals surface area (Å²) in [6.07, 6.45) is 11.0. The van der Waals surface area contributed by atoms with E-state index in [0.717, 1.165) is 32.1 Å². The van der Waals surface area contributed by atoms with Crippen LogP contribution < -0.4 is 0 Å². The van der Waals surface area contributed by atoms with E-state index in [2.05, 4.69) is 12.2 Å². The molecule has 2 fully saturated rings. The standard InChI is InChI=1S/C21H32O4/c1-21(25)11-13-7-3-5-9-15(13)18(20(21)24)17-14-8-4-2-6-12(14)10-16(22)19(17)23/h3,5,12-15,17-18,20,22-25H,2,4,6-11H2,1H3/t12?,13?,14?,15?,17?,18?,20?,21-/m0/s1. The van der Waals surface area contributed by atoms with Crippen molar-refractivity contribution in [2.24, 2.45) is 35.5 Å². The first kappa shape index (κ1) is 17.4. The molecule has 0 saturated heterocycles. The van der Waals surface area contributed by atoms with Gasteiger partial charge in [-0.1, -0.05) is 25.0 Å². The lowest BCUT2D eigenvalue weighted by atomic mass is 9.53. The Balaban J connectivity index is 1.75. The lowest BCUT2D eigenvalue weighted by Crippen LogP contribution is -2.58. The highest BCUT2D eigenvalue weighted by Crippen LogP contribution is 2.56. The van der Waals surface area contributed by atoms with E-state index in [1.54, 1.807) is 6.92 Å². The zero-order valence-corrected chi connectivity index (χ0v) is 15.1. The smallest absolute Gasteiger partial charge is 0.133 e. The van der Waals surface area contributed by atoms with Crippen LogP contribution in [-0.4, -0.2) is 32.1 Å². The SMILES string of the molecule is C[C@]1(O)CC2CC=CCC2C(C2C(O)=C(O)CC3CCCCC32)C1O. The summed E-state index contributed by atoms with van der Waals surface area (Å²) in [6, 6.07) is 0. The molecule has 0 aromatic rings. The van der Waals surface area contributed by atoms with E-state index in [0.29, 0.717) is 30.6 Å². The summed E-state index contributed by atoms with van der Waals surface area (Å²) >= 11 is 0. The van der Waals surface area contributed by atoms with Gasteiger partial charge in [-0.25, -0.2) is 0 Å². The van der Waals surface area contributed by atoms with Crippen LogP contribution in [-0.2, 0) is 0 Å². The van der Waals surface area contributed by atoms with Crippen molar-refractivity contribution in [3.05, 3.63) is 23.7 Å². The van der Waals surface area contributed by atoms with Gasteiger partial charge in [0.05, 0.1) is 11.7 Å². The zero-order chi connectivity index (χ0) is 17.8. The van der Waals surface area contributed by atoms with Crippen LogP contribution in [0.1, 0.15) is 58.3 Å². The van der Waals surface area contributed by atoms with Gasteiger partial charge in [-0.3, -0.25) is 0 Å². The molecule has 4 heteroatoms. The van der Waals surface area contributed by atoms with E-state index in [4.69, 9.17) is 0 Å². The average molecular weight is 348 g/mol. The number of hydrogen-bond donors (Lipinski definition) is 4. The molecule has 0 aliphatic heterocycles. The van der Waals surface area contributed by atoms with Gasteiger partial charge in [0.2, 0.25) is 0 Å². The number of fused-ring (bicyclic) bond motifs is 2. The molecule has 25 heavy (non-hydrogen) atoms. The van der Waals surface area contributed by atoms with Crippen molar-refractivity contribution in [1.29, 1.82) is 0 Å². The molecule has 0 aromatic heterocycles. The van der Waals surface area contributed by atoms with E-state index < -0.39 is 11.7 Å². The van der Waals surface area contributed by atoms with E-state index in [-0.39, 0.29) is 29.3 Å². The second-order valence-corrected chi connectivity index (χ2v) is 9.22. The molecule has 4 rings (SSSR count). The average Bonchev–Trinajstić information content (AvgIpc) is 2.58. The van der Waals surface area contributed by atoms with Gasteiger partial charge in [0.1, 0.15) is 11.5 Å². The number of aliphatic hydroxyl groups is 4. The Morgan fingerprint density at radius 3 is 2.52 bits per heavy atom. The van der Waals surface area contributed by atoms with Gasteiger partial charge in [-0.2, -0.15) is 0 Å². The van der Waals surface area contributed by atoms with Gasteiger partial charge in [-0.15, -0.1) is 0 Å². The monoisotopic (exact) mass is 348 g/mol. The molecular formula is C21H32O4. The highest BCUT2D eigenvalue weighted by molar-refractivity contribution is 5.18. The Morgan fingerprint density at radius 2 is 1.72 bits per heavy atom. The van der Waals surface area contributed by atoms with E-state index in [1.807, 2.05) is 0 Å². The maximum atomic E-state index is 11.1. The highest BCUT2D eigenvalue weighted by Gasteiger charge is 2.56. The first-order valence-corrected chi connectivity index (χ1v) is 10.1. The number of allylic oxidation sites excluding steroid dienone is 4. The summed E-state index contributed by atoms with van der Waals surface area (Å²) in [4.78, 5) is 0. The third-order valence-electron chi connectivity index (χ3n) is 7.70.